The minimum absolute atomic E-state index is 0.0431. The van der Waals surface area contributed by atoms with E-state index in [1.165, 1.54) is 77.0 Å². The number of esters is 1. The summed E-state index contributed by atoms with van der Waals surface area (Å²) in [6.07, 6.45) is 18.2. The van der Waals surface area contributed by atoms with E-state index < -0.39 is 0 Å². The monoisotopic (exact) mass is 311 g/mol. The molecule has 3 nitrogen and oxygen atoms in total. The number of rotatable bonds is 14. The molecule has 0 amide bonds. The molecule has 1 saturated heterocycles. The van der Waals surface area contributed by atoms with Crippen LogP contribution in [0.25, 0.3) is 0 Å². The van der Waals surface area contributed by atoms with Crippen molar-refractivity contribution in [2.75, 3.05) is 13.2 Å². The molecule has 0 saturated carbocycles. The molecule has 0 radical (unpaired) electrons. The van der Waals surface area contributed by atoms with E-state index in [0.29, 0.717) is 19.1 Å². The van der Waals surface area contributed by atoms with Crippen LogP contribution in [0.1, 0.15) is 96.8 Å². The maximum atomic E-state index is 11.1. The summed E-state index contributed by atoms with van der Waals surface area (Å²) in [5, 5.41) is 3.49. The molecule has 0 aromatic rings. The van der Waals surface area contributed by atoms with Crippen LogP contribution in [-0.2, 0) is 9.53 Å². The minimum atomic E-state index is -0.0431. The number of cyclic esters (lactones) is 1. The molecule has 1 atom stereocenters. The summed E-state index contributed by atoms with van der Waals surface area (Å²) in [6, 6.07) is 0.356. The van der Waals surface area contributed by atoms with Gasteiger partial charge >= 0.3 is 5.97 Å². The first-order valence-corrected chi connectivity index (χ1v) is 9.72. The van der Waals surface area contributed by atoms with Crippen molar-refractivity contribution in [1.82, 2.24) is 5.32 Å². The van der Waals surface area contributed by atoms with Gasteiger partial charge in [-0.3, -0.25) is 4.79 Å². The third-order valence-corrected chi connectivity index (χ3v) is 4.61. The lowest BCUT2D eigenvalue weighted by Gasteiger charge is -2.22. The molecule has 1 heterocycles. The molecule has 130 valence electrons. The first-order valence-electron chi connectivity index (χ1n) is 9.72. The molecule has 0 aliphatic carbocycles. The molecule has 22 heavy (non-hydrogen) atoms. The molecule has 0 aromatic heterocycles. The Hall–Kier alpha value is -0.570. The number of ether oxygens (including phenoxy) is 1. The van der Waals surface area contributed by atoms with Gasteiger partial charge in [0.25, 0.3) is 0 Å². The van der Waals surface area contributed by atoms with Crippen molar-refractivity contribution in [2.24, 2.45) is 0 Å². The van der Waals surface area contributed by atoms with Crippen molar-refractivity contribution in [3.05, 3.63) is 0 Å². The molecule has 3 heteroatoms. The molecule has 0 spiro atoms. The Labute approximate surface area is 137 Å². The molecule has 1 rings (SSSR count). The lowest BCUT2D eigenvalue weighted by atomic mass is 10.0. The zero-order valence-electron chi connectivity index (χ0n) is 14.7. The smallest absolute Gasteiger partial charge is 0.307 e. The van der Waals surface area contributed by atoms with Gasteiger partial charge in [-0.15, -0.1) is 0 Å². The van der Waals surface area contributed by atoms with Crippen LogP contribution in [0.5, 0.6) is 0 Å². The van der Waals surface area contributed by atoms with Crippen molar-refractivity contribution in [2.45, 2.75) is 103 Å². The van der Waals surface area contributed by atoms with Gasteiger partial charge in [-0.25, -0.2) is 0 Å². The Balaban J connectivity index is 1.74. The third-order valence-electron chi connectivity index (χ3n) is 4.61. The second-order valence-electron chi connectivity index (χ2n) is 6.75. The lowest BCUT2D eigenvalue weighted by Crippen LogP contribution is -2.37. The van der Waals surface area contributed by atoms with E-state index in [0.717, 1.165) is 13.0 Å². The standard InChI is InChI=1S/C19H37NO2/c1-2-3-4-5-6-7-8-9-10-11-12-13-15-20-18-14-16-22-19(21)17-18/h18,20H,2-17H2,1H3. The predicted molar refractivity (Wildman–Crippen MR) is 93.1 cm³/mol. The summed E-state index contributed by atoms with van der Waals surface area (Å²) in [5.74, 6) is -0.0431. The van der Waals surface area contributed by atoms with Crippen LogP contribution in [0, 0.1) is 0 Å². The first-order chi connectivity index (χ1) is 10.8. The molecule has 0 bridgehead atoms. The molecule has 1 N–H and O–H groups in total. The van der Waals surface area contributed by atoms with Gasteiger partial charge in [0.2, 0.25) is 0 Å². The summed E-state index contributed by atoms with van der Waals surface area (Å²) in [7, 11) is 0. The highest BCUT2D eigenvalue weighted by Gasteiger charge is 2.19. The van der Waals surface area contributed by atoms with Crippen LogP contribution in [0.2, 0.25) is 0 Å². The summed E-state index contributed by atoms with van der Waals surface area (Å²) < 4.78 is 4.95. The van der Waals surface area contributed by atoms with Crippen LogP contribution < -0.4 is 5.32 Å². The van der Waals surface area contributed by atoms with E-state index >= 15 is 0 Å². The summed E-state index contributed by atoms with van der Waals surface area (Å²) in [6.45, 7) is 3.92. The van der Waals surface area contributed by atoms with Gasteiger partial charge in [-0.1, -0.05) is 77.6 Å². The van der Waals surface area contributed by atoms with E-state index in [-0.39, 0.29) is 5.97 Å². The van der Waals surface area contributed by atoms with Gasteiger partial charge < -0.3 is 10.1 Å². The predicted octanol–water partition coefficient (Wildman–Crippen LogP) is 4.98. The van der Waals surface area contributed by atoms with Gasteiger partial charge in [-0.2, -0.15) is 0 Å². The van der Waals surface area contributed by atoms with Crippen LogP contribution in [0.4, 0.5) is 0 Å². The normalized spacial score (nSPS) is 18.4. The highest BCUT2D eigenvalue weighted by molar-refractivity contribution is 5.70. The summed E-state index contributed by atoms with van der Waals surface area (Å²) >= 11 is 0. The third kappa shape index (κ3) is 11.1. The molecular weight excluding hydrogens is 274 g/mol. The minimum Gasteiger partial charge on any atom is -0.466 e. The molecule has 1 unspecified atom stereocenters. The highest BCUT2D eigenvalue weighted by Crippen LogP contribution is 2.12. The average Bonchev–Trinajstić information content (AvgIpc) is 2.52. The second-order valence-corrected chi connectivity index (χ2v) is 6.75. The number of nitrogens with one attached hydrogen (secondary N) is 1. The second kappa shape index (κ2) is 14.0. The largest absolute Gasteiger partial charge is 0.466 e. The van der Waals surface area contributed by atoms with Gasteiger partial charge in [-0.05, 0) is 19.4 Å². The Morgan fingerprint density at radius 1 is 0.909 bits per heavy atom. The highest BCUT2D eigenvalue weighted by atomic mass is 16.5. The van der Waals surface area contributed by atoms with Crippen LogP contribution in [-0.4, -0.2) is 25.2 Å². The van der Waals surface area contributed by atoms with Gasteiger partial charge in [0.1, 0.15) is 0 Å². The fourth-order valence-corrected chi connectivity index (χ4v) is 3.12. The SMILES string of the molecule is CCCCCCCCCCCCCCNC1CCOC(=O)C1. The van der Waals surface area contributed by atoms with Crippen molar-refractivity contribution in [1.29, 1.82) is 0 Å². The van der Waals surface area contributed by atoms with Crippen LogP contribution in [0.3, 0.4) is 0 Å². The first kappa shape index (κ1) is 19.5. The lowest BCUT2D eigenvalue weighted by molar-refractivity contribution is -0.147. The van der Waals surface area contributed by atoms with Crippen LogP contribution >= 0.6 is 0 Å². The zero-order valence-corrected chi connectivity index (χ0v) is 14.7. The van der Waals surface area contributed by atoms with E-state index in [4.69, 9.17) is 4.74 Å². The van der Waals surface area contributed by atoms with Crippen molar-refractivity contribution in [3.8, 4) is 0 Å². The van der Waals surface area contributed by atoms with Gasteiger partial charge in [0.05, 0.1) is 13.0 Å². The van der Waals surface area contributed by atoms with Crippen molar-refractivity contribution in [3.63, 3.8) is 0 Å². The van der Waals surface area contributed by atoms with Gasteiger partial charge in [0.15, 0.2) is 0 Å². The Morgan fingerprint density at radius 2 is 1.45 bits per heavy atom. The Bertz CT molecular complexity index is 268. The maximum absolute atomic E-state index is 11.1. The van der Waals surface area contributed by atoms with E-state index in [1.54, 1.807) is 0 Å². The molecule has 1 fully saturated rings. The number of carbonyl (C=O) groups is 1. The summed E-state index contributed by atoms with van der Waals surface area (Å²) in [5.41, 5.74) is 0. The fourth-order valence-electron chi connectivity index (χ4n) is 3.12. The molecular formula is C19H37NO2. The fraction of sp³-hybridized carbons (Fsp3) is 0.947. The van der Waals surface area contributed by atoms with Crippen LogP contribution in [0.15, 0.2) is 0 Å². The zero-order chi connectivity index (χ0) is 15.9. The number of unbranched alkanes of at least 4 members (excludes halogenated alkanes) is 11. The number of carbonyl (C=O) groups excluding carboxylic acids is 1. The van der Waals surface area contributed by atoms with Crippen molar-refractivity contribution >= 4 is 5.97 Å². The molecule has 1 aliphatic heterocycles. The van der Waals surface area contributed by atoms with E-state index in [1.807, 2.05) is 0 Å². The maximum Gasteiger partial charge on any atom is 0.307 e. The number of hydrogen-bond donors (Lipinski definition) is 1. The Kier molecular flexibility index (Phi) is 12.4. The van der Waals surface area contributed by atoms with E-state index in [2.05, 4.69) is 12.2 Å². The van der Waals surface area contributed by atoms with Crippen molar-refractivity contribution < 1.29 is 9.53 Å². The average molecular weight is 312 g/mol. The topological polar surface area (TPSA) is 38.3 Å². The summed E-state index contributed by atoms with van der Waals surface area (Å²) in [4.78, 5) is 11.1. The Morgan fingerprint density at radius 3 is 2.00 bits per heavy atom. The van der Waals surface area contributed by atoms with E-state index in [9.17, 15) is 4.79 Å². The molecule has 0 aromatic carbocycles. The quantitative estimate of drug-likeness (QED) is 0.363. The molecule has 1 aliphatic rings. The number of hydrogen-bond acceptors (Lipinski definition) is 3. The van der Waals surface area contributed by atoms with Gasteiger partial charge in [0, 0.05) is 6.04 Å².